The molecule has 6 nitrogen and oxygen atoms in total. The van der Waals surface area contributed by atoms with Gasteiger partial charge in [0, 0.05) is 23.5 Å². The molecule has 0 spiro atoms. The van der Waals surface area contributed by atoms with E-state index in [0.717, 1.165) is 25.7 Å². The van der Waals surface area contributed by atoms with Gasteiger partial charge in [0.05, 0.1) is 23.2 Å². The summed E-state index contributed by atoms with van der Waals surface area (Å²) in [6, 6.07) is 12.6. The van der Waals surface area contributed by atoms with Gasteiger partial charge in [0.2, 0.25) is 5.91 Å². The minimum atomic E-state index is -0.204. The van der Waals surface area contributed by atoms with Crippen molar-refractivity contribution in [2.75, 3.05) is 17.2 Å². The highest BCUT2D eigenvalue weighted by Gasteiger charge is 2.18. The normalized spacial score (nSPS) is 14.2. The monoisotopic (exact) mass is 443 g/mol. The Morgan fingerprint density at radius 2 is 1.84 bits per heavy atom. The Balaban J connectivity index is 1.56. The highest BCUT2D eigenvalue weighted by molar-refractivity contribution is 6.34. The summed E-state index contributed by atoms with van der Waals surface area (Å²) < 4.78 is 5.65. The van der Waals surface area contributed by atoms with Gasteiger partial charge in [-0.1, -0.05) is 36.9 Å². The summed E-state index contributed by atoms with van der Waals surface area (Å²) in [7, 11) is 0. The molecular formula is C24H30ClN3O3. The number of carbonyl (C=O) groups excluding carboxylic acids is 2. The molecule has 0 saturated heterocycles. The molecule has 3 N–H and O–H groups in total. The molecule has 3 rings (SSSR count). The van der Waals surface area contributed by atoms with E-state index < -0.39 is 0 Å². The molecule has 1 aliphatic carbocycles. The molecule has 0 unspecified atom stereocenters. The van der Waals surface area contributed by atoms with Gasteiger partial charge in [-0.25, -0.2) is 0 Å². The zero-order chi connectivity index (χ0) is 22.2. The number of benzene rings is 2. The molecule has 1 aliphatic rings. The molecule has 0 bridgehead atoms. The van der Waals surface area contributed by atoms with E-state index in [0.29, 0.717) is 27.7 Å². The van der Waals surface area contributed by atoms with Crippen molar-refractivity contribution >= 4 is 34.8 Å². The summed E-state index contributed by atoms with van der Waals surface area (Å²) in [6.07, 6.45) is 5.57. The van der Waals surface area contributed by atoms with Gasteiger partial charge >= 0.3 is 0 Å². The lowest BCUT2D eigenvalue weighted by Gasteiger charge is -2.23. The van der Waals surface area contributed by atoms with E-state index in [1.54, 1.807) is 30.3 Å². The molecule has 0 atom stereocenters. The van der Waals surface area contributed by atoms with Crippen molar-refractivity contribution in [3.63, 3.8) is 0 Å². The second-order valence-electron chi connectivity index (χ2n) is 8.10. The Morgan fingerprint density at radius 3 is 2.58 bits per heavy atom. The van der Waals surface area contributed by atoms with Gasteiger partial charge in [0.1, 0.15) is 5.75 Å². The molecule has 166 valence electrons. The maximum absolute atomic E-state index is 12.7. The number of nitrogens with one attached hydrogen (secondary N) is 3. The molecular weight excluding hydrogens is 414 g/mol. The number of amides is 2. The van der Waals surface area contributed by atoms with Crippen LogP contribution in [0.25, 0.3) is 0 Å². The average Bonchev–Trinajstić information content (AvgIpc) is 2.73. The van der Waals surface area contributed by atoms with Gasteiger partial charge in [-0.15, -0.1) is 0 Å². The summed E-state index contributed by atoms with van der Waals surface area (Å²) in [6.45, 7) is 3.95. The molecule has 2 aromatic rings. The number of carbonyl (C=O) groups is 2. The van der Waals surface area contributed by atoms with Crippen LogP contribution in [0.2, 0.25) is 5.02 Å². The van der Waals surface area contributed by atoms with E-state index in [2.05, 4.69) is 16.0 Å². The summed E-state index contributed by atoms with van der Waals surface area (Å²) in [5.74, 6) is 0.323. The first-order valence-corrected chi connectivity index (χ1v) is 11.2. The molecule has 2 amide bonds. The fourth-order valence-electron chi connectivity index (χ4n) is 3.63. The number of ether oxygens (including phenoxy) is 1. The predicted molar refractivity (Wildman–Crippen MR) is 125 cm³/mol. The molecule has 31 heavy (non-hydrogen) atoms. The molecule has 0 aromatic heterocycles. The molecule has 2 aromatic carbocycles. The third kappa shape index (κ3) is 7.17. The number of hydrogen-bond donors (Lipinski definition) is 3. The molecule has 1 fully saturated rings. The van der Waals surface area contributed by atoms with E-state index in [1.807, 2.05) is 26.0 Å². The first kappa shape index (κ1) is 22.9. The van der Waals surface area contributed by atoms with E-state index in [-0.39, 0.29) is 30.5 Å². The molecule has 0 radical (unpaired) electrons. The summed E-state index contributed by atoms with van der Waals surface area (Å²) in [4.78, 5) is 25.0. The van der Waals surface area contributed by atoms with Crippen LogP contribution in [0.15, 0.2) is 42.5 Å². The van der Waals surface area contributed by atoms with Crippen molar-refractivity contribution in [1.82, 2.24) is 5.32 Å². The second-order valence-corrected chi connectivity index (χ2v) is 8.51. The van der Waals surface area contributed by atoms with Crippen molar-refractivity contribution in [3.8, 4) is 5.75 Å². The minimum Gasteiger partial charge on any atom is -0.491 e. The SMILES string of the molecule is CC(C)Oc1cccc(NC(=O)CNc2ccc(Cl)c(C(=O)NC3CCCCC3)c2)c1. The van der Waals surface area contributed by atoms with Crippen LogP contribution < -0.4 is 20.7 Å². The fraction of sp³-hybridized carbons (Fsp3) is 0.417. The fourth-order valence-corrected chi connectivity index (χ4v) is 3.83. The third-order valence-electron chi connectivity index (χ3n) is 5.09. The number of hydrogen-bond acceptors (Lipinski definition) is 4. The van der Waals surface area contributed by atoms with Crippen LogP contribution in [-0.2, 0) is 4.79 Å². The highest BCUT2D eigenvalue weighted by atomic mass is 35.5. The summed E-state index contributed by atoms with van der Waals surface area (Å²) >= 11 is 6.25. The Morgan fingerprint density at radius 1 is 1.06 bits per heavy atom. The van der Waals surface area contributed by atoms with Crippen LogP contribution >= 0.6 is 11.6 Å². The lowest BCUT2D eigenvalue weighted by Crippen LogP contribution is -2.36. The third-order valence-corrected chi connectivity index (χ3v) is 5.42. The van der Waals surface area contributed by atoms with Crippen LogP contribution in [0.3, 0.4) is 0 Å². The zero-order valence-electron chi connectivity index (χ0n) is 18.0. The Hall–Kier alpha value is -2.73. The number of rotatable bonds is 8. The van der Waals surface area contributed by atoms with Crippen molar-refractivity contribution < 1.29 is 14.3 Å². The smallest absolute Gasteiger partial charge is 0.253 e. The quantitative estimate of drug-likeness (QED) is 0.521. The van der Waals surface area contributed by atoms with Gasteiger partial charge in [-0.2, -0.15) is 0 Å². The zero-order valence-corrected chi connectivity index (χ0v) is 18.8. The van der Waals surface area contributed by atoms with Crippen LogP contribution in [-0.4, -0.2) is 30.5 Å². The largest absolute Gasteiger partial charge is 0.491 e. The highest BCUT2D eigenvalue weighted by Crippen LogP contribution is 2.23. The lowest BCUT2D eigenvalue weighted by atomic mass is 9.95. The van der Waals surface area contributed by atoms with Gasteiger partial charge in [0.25, 0.3) is 5.91 Å². The van der Waals surface area contributed by atoms with Crippen LogP contribution in [0, 0.1) is 0 Å². The van der Waals surface area contributed by atoms with Crippen LogP contribution in [0.5, 0.6) is 5.75 Å². The maximum atomic E-state index is 12.7. The van der Waals surface area contributed by atoms with E-state index in [1.165, 1.54) is 6.42 Å². The second kappa shape index (κ2) is 11.0. The Bertz CT molecular complexity index is 911. The van der Waals surface area contributed by atoms with E-state index in [9.17, 15) is 9.59 Å². The lowest BCUT2D eigenvalue weighted by molar-refractivity contribution is -0.114. The average molecular weight is 444 g/mol. The Kier molecular flexibility index (Phi) is 8.18. The summed E-state index contributed by atoms with van der Waals surface area (Å²) in [5, 5.41) is 9.37. The first-order chi connectivity index (χ1) is 14.9. The molecule has 0 aliphatic heterocycles. The number of halogens is 1. The summed E-state index contributed by atoms with van der Waals surface area (Å²) in [5.41, 5.74) is 1.73. The van der Waals surface area contributed by atoms with Crippen molar-refractivity contribution in [1.29, 1.82) is 0 Å². The van der Waals surface area contributed by atoms with E-state index in [4.69, 9.17) is 16.3 Å². The van der Waals surface area contributed by atoms with Gasteiger partial charge in [-0.3, -0.25) is 9.59 Å². The molecule has 0 heterocycles. The van der Waals surface area contributed by atoms with Crippen molar-refractivity contribution in [2.45, 2.75) is 58.1 Å². The maximum Gasteiger partial charge on any atom is 0.253 e. The van der Waals surface area contributed by atoms with Crippen LogP contribution in [0.4, 0.5) is 11.4 Å². The van der Waals surface area contributed by atoms with E-state index >= 15 is 0 Å². The van der Waals surface area contributed by atoms with Gasteiger partial charge < -0.3 is 20.7 Å². The van der Waals surface area contributed by atoms with Crippen molar-refractivity contribution in [2.24, 2.45) is 0 Å². The number of anilines is 2. The predicted octanol–water partition coefficient (Wildman–Crippen LogP) is 5.24. The molecule has 1 saturated carbocycles. The first-order valence-electron chi connectivity index (χ1n) is 10.8. The van der Waals surface area contributed by atoms with Gasteiger partial charge in [0.15, 0.2) is 0 Å². The topological polar surface area (TPSA) is 79.5 Å². The Labute approximate surface area is 188 Å². The standard InChI is InChI=1S/C24H30ClN3O3/c1-16(2)31-20-10-6-9-19(13-20)27-23(29)15-26-18-11-12-22(25)21(14-18)24(30)28-17-7-4-3-5-8-17/h6,9-14,16-17,26H,3-5,7-8,15H2,1-2H3,(H,27,29)(H,28,30). The minimum absolute atomic E-state index is 0.0561. The van der Waals surface area contributed by atoms with Crippen LogP contribution in [0.1, 0.15) is 56.3 Å². The van der Waals surface area contributed by atoms with Gasteiger partial charge in [-0.05, 0) is 57.0 Å². The molecule has 7 heteroatoms. The van der Waals surface area contributed by atoms with Crippen molar-refractivity contribution in [3.05, 3.63) is 53.1 Å².